The van der Waals surface area contributed by atoms with Crippen molar-refractivity contribution >= 4 is 34.3 Å². The van der Waals surface area contributed by atoms with Crippen molar-refractivity contribution in [2.45, 2.75) is 51.7 Å². The number of carbonyl (C=O) groups excluding carboxylic acids is 1. The van der Waals surface area contributed by atoms with Crippen LogP contribution in [0, 0.1) is 6.92 Å². The molecule has 3 aromatic rings. The summed E-state index contributed by atoms with van der Waals surface area (Å²) in [6, 6.07) is 4.05. The topological polar surface area (TPSA) is 118 Å². The van der Waals surface area contributed by atoms with E-state index in [1.54, 1.807) is 17.7 Å². The van der Waals surface area contributed by atoms with Crippen molar-refractivity contribution < 1.29 is 9.53 Å². The van der Waals surface area contributed by atoms with Gasteiger partial charge in [-0.25, -0.2) is 9.97 Å². The Labute approximate surface area is 234 Å². The summed E-state index contributed by atoms with van der Waals surface area (Å²) in [5, 5.41) is 7.35. The highest BCUT2D eigenvalue weighted by atomic mass is 16.5. The molecule has 2 aliphatic heterocycles. The minimum Gasteiger partial charge on any atom is -0.374 e. The van der Waals surface area contributed by atoms with Crippen LogP contribution in [0.4, 0.5) is 17.5 Å². The second-order valence-corrected chi connectivity index (χ2v) is 11.1. The third-order valence-corrected chi connectivity index (χ3v) is 8.44. The second-order valence-electron chi connectivity index (χ2n) is 11.1. The first-order valence-corrected chi connectivity index (χ1v) is 14.4. The van der Waals surface area contributed by atoms with Crippen molar-refractivity contribution in [3.63, 3.8) is 0 Å². The van der Waals surface area contributed by atoms with E-state index in [2.05, 4.69) is 36.5 Å². The number of rotatable bonds is 7. The van der Waals surface area contributed by atoms with E-state index < -0.39 is 0 Å². The number of anilines is 3. The molecule has 40 heavy (non-hydrogen) atoms. The number of hydrogen-bond acceptors (Lipinski definition) is 10. The number of aryl methyl sites for hydroxylation is 1. The van der Waals surface area contributed by atoms with E-state index in [1.165, 1.54) is 6.92 Å². The maximum atomic E-state index is 13.4. The van der Waals surface area contributed by atoms with Crippen LogP contribution in [-0.4, -0.2) is 88.7 Å². The highest BCUT2D eigenvalue weighted by Gasteiger charge is 2.26. The first-order chi connectivity index (χ1) is 19.5. The van der Waals surface area contributed by atoms with E-state index >= 15 is 0 Å². The van der Waals surface area contributed by atoms with Crippen molar-refractivity contribution in [2.75, 3.05) is 62.6 Å². The maximum absolute atomic E-state index is 13.4. The van der Waals surface area contributed by atoms with Gasteiger partial charge in [0.1, 0.15) is 11.5 Å². The average molecular weight is 547 g/mol. The molecule has 6 rings (SSSR count). The number of nitrogens with zero attached hydrogens (tertiary/aromatic N) is 6. The summed E-state index contributed by atoms with van der Waals surface area (Å²) in [6.07, 6.45) is 7.81. The van der Waals surface area contributed by atoms with Crippen LogP contribution < -0.4 is 21.1 Å². The standard InChI is InChI=1S/C29H38N8O3/c1-19-24-17-32-29(34-27(24)37(21-5-3-4-6-21)28(39)26(19)20(2)38)33-25-8-7-22(15-31-25)36-12-10-35(11-13-36)18-23-16-30-9-14-40-23/h7-8,15,17,21,23,30H,3-6,9-14,16,18H2,1-2H3,(H,31,32,33,34)/t23-/m0/s1. The van der Waals surface area contributed by atoms with Crippen LogP contribution in [-0.2, 0) is 4.74 Å². The third kappa shape index (κ3) is 5.45. The van der Waals surface area contributed by atoms with E-state index in [-0.39, 0.29) is 29.1 Å². The van der Waals surface area contributed by atoms with Crippen LogP contribution >= 0.6 is 0 Å². The molecule has 11 nitrogen and oxygen atoms in total. The van der Waals surface area contributed by atoms with Gasteiger partial charge in [-0.3, -0.25) is 19.1 Å². The third-order valence-electron chi connectivity index (χ3n) is 8.44. The van der Waals surface area contributed by atoms with Crippen LogP contribution in [0.1, 0.15) is 54.6 Å². The largest absolute Gasteiger partial charge is 0.374 e. The summed E-state index contributed by atoms with van der Waals surface area (Å²) in [7, 11) is 0. The lowest BCUT2D eigenvalue weighted by Gasteiger charge is -2.38. The fourth-order valence-electron chi connectivity index (χ4n) is 6.28. The number of nitrogens with one attached hydrogen (secondary N) is 2. The Morgan fingerprint density at radius 1 is 1.12 bits per heavy atom. The molecule has 0 bridgehead atoms. The maximum Gasteiger partial charge on any atom is 0.263 e. The van der Waals surface area contributed by atoms with Crippen LogP contribution in [0.2, 0.25) is 0 Å². The highest BCUT2D eigenvalue weighted by Crippen LogP contribution is 2.32. The Morgan fingerprint density at radius 3 is 2.60 bits per heavy atom. The van der Waals surface area contributed by atoms with Gasteiger partial charge >= 0.3 is 0 Å². The number of piperazine rings is 1. The van der Waals surface area contributed by atoms with E-state index in [0.717, 1.165) is 89.2 Å². The highest BCUT2D eigenvalue weighted by molar-refractivity contribution is 5.99. The number of carbonyl (C=O) groups is 1. The molecule has 1 saturated carbocycles. The van der Waals surface area contributed by atoms with Crippen molar-refractivity contribution in [3.8, 4) is 0 Å². The zero-order valence-electron chi connectivity index (χ0n) is 23.4. The van der Waals surface area contributed by atoms with Gasteiger partial charge in [0.2, 0.25) is 5.95 Å². The molecular formula is C29H38N8O3. The van der Waals surface area contributed by atoms with E-state index in [4.69, 9.17) is 9.72 Å². The number of aromatic nitrogens is 4. The van der Waals surface area contributed by atoms with Gasteiger partial charge in [-0.1, -0.05) is 12.8 Å². The number of morpholine rings is 1. The summed E-state index contributed by atoms with van der Waals surface area (Å²) in [4.78, 5) is 44.5. The molecule has 2 N–H and O–H groups in total. The lowest BCUT2D eigenvalue weighted by molar-refractivity contribution is 0.00465. The van der Waals surface area contributed by atoms with Gasteiger partial charge in [0.15, 0.2) is 5.78 Å². The monoisotopic (exact) mass is 546 g/mol. The first-order valence-electron chi connectivity index (χ1n) is 14.4. The fourth-order valence-corrected chi connectivity index (χ4v) is 6.28. The molecule has 1 aliphatic carbocycles. The van der Waals surface area contributed by atoms with Crippen molar-refractivity contribution in [3.05, 3.63) is 46.0 Å². The Balaban J connectivity index is 1.17. The molecule has 3 fully saturated rings. The number of ether oxygens (including phenoxy) is 1. The van der Waals surface area contributed by atoms with Crippen molar-refractivity contribution in [2.24, 2.45) is 0 Å². The molecule has 3 aliphatic rings. The molecule has 212 valence electrons. The van der Waals surface area contributed by atoms with Gasteiger partial charge in [-0.05, 0) is 44.4 Å². The van der Waals surface area contributed by atoms with Crippen LogP contribution in [0.3, 0.4) is 0 Å². The fraction of sp³-hybridized carbons (Fsp3) is 0.552. The second kappa shape index (κ2) is 11.6. The van der Waals surface area contributed by atoms with Crippen LogP contribution in [0.5, 0.6) is 0 Å². The number of fused-ring (bicyclic) bond motifs is 1. The van der Waals surface area contributed by atoms with E-state index in [9.17, 15) is 9.59 Å². The predicted octanol–water partition coefficient (Wildman–Crippen LogP) is 2.67. The predicted molar refractivity (Wildman–Crippen MR) is 155 cm³/mol. The van der Waals surface area contributed by atoms with Gasteiger partial charge in [-0.15, -0.1) is 0 Å². The van der Waals surface area contributed by atoms with E-state index in [1.807, 2.05) is 12.3 Å². The average Bonchev–Trinajstić information content (AvgIpc) is 3.49. The van der Waals surface area contributed by atoms with Gasteiger partial charge in [-0.2, -0.15) is 4.98 Å². The number of Topliss-reactive ketones (excluding diaryl/α,β-unsaturated/α-hetero) is 1. The number of pyridine rings is 2. The summed E-state index contributed by atoms with van der Waals surface area (Å²) in [6.45, 7) is 10.8. The Morgan fingerprint density at radius 2 is 1.93 bits per heavy atom. The molecule has 0 spiro atoms. The Hall–Kier alpha value is -3.41. The molecule has 0 unspecified atom stereocenters. The molecule has 0 radical (unpaired) electrons. The lowest BCUT2D eigenvalue weighted by Crippen LogP contribution is -2.51. The first kappa shape index (κ1) is 26.8. The molecule has 3 aromatic heterocycles. The lowest BCUT2D eigenvalue weighted by atomic mass is 10.0. The van der Waals surface area contributed by atoms with Gasteiger partial charge in [0, 0.05) is 63.4 Å². The summed E-state index contributed by atoms with van der Waals surface area (Å²) >= 11 is 0. The quantitative estimate of drug-likeness (QED) is 0.428. The minimum atomic E-state index is -0.250. The van der Waals surface area contributed by atoms with Crippen molar-refractivity contribution in [1.29, 1.82) is 0 Å². The van der Waals surface area contributed by atoms with E-state index in [0.29, 0.717) is 23.0 Å². The van der Waals surface area contributed by atoms with Crippen LogP contribution in [0.25, 0.3) is 11.0 Å². The zero-order chi connectivity index (χ0) is 27.6. The normalized spacial score (nSPS) is 20.8. The molecule has 0 amide bonds. The molecule has 5 heterocycles. The SMILES string of the molecule is CC(=O)c1c(C)c2cnc(Nc3ccc(N4CCN(C[C@@H]5CNCCO5)CC4)cn3)nc2n(C2CCCC2)c1=O. The Kier molecular flexibility index (Phi) is 7.77. The number of hydrogen-bond donors (Lipinski definition) is 2. The molecular weight excluding hydrogens is 508 g/mol. The van der Waals surface area contributed by atoms with Crippen LogP contribution in [0.15, 0.2) is 29.3 Å². The smallest absolute Gasteiger partial charge is 0.263 e. The molecule has 1 atom stereocenters. The minimum absolute atomic E-state index is 0.0428. The van der Waals surface area contributed by atoms with Gasteiger partial charge in [0.25, 0.3) is 5.56 Å². The summed E-state index contributed by atoms with van der Waals surface area (Å²) in [5.41, 5.74) is 2.28. The number of ketones is 1. The molecule has 0 aromatic carbocycles. The molecule has 11 heteroatoms. The van der Waals surface area contributed by atoms with Gasteiger partial charge < -0.3 is 20.3 Å². The Bertz CT molecular complexity index is 1420. The van der Waals surface area contributed by atoms with Gasteiger partial charge in [0.05, 0.1) is 30.2 Å². The summed E-state index contributed by atoms with van der Waals surface area (Å²) < 4.78 is 7.59. The molecule has 2 saturated heterocycles. The van der Waals surface area contributed by atoms with Crippen molar-refractivity contribution in [1.82, 2.24) is 29.7 Å². The summed E-state index contributed by atoms with van der Waals surface area (Å²) in [5.74, 6) is 0.789. The zero-order valence-corrected chi connectivity index (χ0v) is 23.4.